The van der Waals surface area contributed by atoms with Crippen LogP contribution < -0.4 is 15.0 Å². The summed E-state index contributed by atoms with van der Waals surface area (Å²) in [5.74, 6) is -0.182. The molecule has 3 amide bonds. The van der Waals surface area contributed by atoms with Gasteiger partial charge in [-0.1, -0.05) is 37.3 Å². The van der Waals surface area contributed by atoms with Gasteiger partial charge in [-0.05, 0) is 66.4 Å². The highest BCUT2D eigenvalue weighted by molar-refractivity contribution is 6.09. The fraction of sp³-hybridized carbons (Fsp3) is 0.343. The summed E-state index contributed by atoms with van der Waals surface area (Å²) in [5.41, 5.74) is 3.29. The smallest absolute Gasteiger partial charge is 0.264 e. The predicted molar refractivity (Wildman–Crippen MR) is 166 cm³/mol. The first kappa shape index (κ1) is 29.6. The SMILES string of the molecule is C=CCN1C(=O)[C@@]2(O[C@@H](CC(=O)N3Cc4ccccc4C[C@H]3CO)C[C@H]2C)c2cc(NC(=O)c3ccc(OC)cc3)ccc21. The van der Waals surface area contributed by atoms with Crippen molar-refractivity contribution in [2.75, 3.05) is 30.5 Å². The van der Waals surface area contributed by atoms with E-state index in [1.807, 2.05) is 43.3 Å². The molecule has 6 rings (SSSR count). The van der Waals surface area contributed by atoms with E-state index in [0.29, 0.717) is 54.2 Å². The van der Waals surface area contributed by atoms with Crippen LogP contribution in [-0.4, -0.2) is 60.1 Å². The number of nitrogens with zero attached hydrogens (tertiary/aromatic N) is 2. The molecule has 4 atom stereocenters. The van der Waals surface area contributed by atoms with Crippen molar-refractivity contribution in [3.8, 4) is 5.75 Å². The van der Waals surface area contributed by atoms with Gasteiger partial charge in [0.25, 0.3) is 11.8 Å². The summed E-state index contributed by atoms with van der Waals surface area (Å²) in [7, 11) is 1.57. The minimum atomic E-state index is -1.30. The van der Waals surface area contributed by atoms with E-state index in [0.717, 1.165) is 11.1 Å². The van der Waals surface area contributed by atoms with Crippen LogP contribution in [0.2, 0.25) is 0 Å². The van der Waals surface area contributed by atoms with E-state index in [-0.39, 0.29) is 42.7 Å². The standard InChI is InChI=1S/C35H37N3O6/c1-4-15-37-31-14-11-26(36-33(41)23-9-12-28(43-3)13-10-23)18-30(31)35(34(37)42)22(2)16-29(44-35)19-32(40)38-20-25-8-6-5-7-24(25)17-27(38)21-39/h4-14,18,22,27,29,39H,1,15-17,19-21H2,2-3H3,(H,36,41)/t22-,27+,29-,35+/m1/s1. The third-order valence-electron chi connectivity index (χ3n) is 9.12. The Bertz CT molecular complexity index is 1600. The molecule has 0 bridgehead atoms. The average molecular weight is 596 g/mol. The molecule has 9 heteroatoms. The Morgan fingerprint density at radius 3 is 2.59 bits per heavy atom. The molecule has 3 aromatic rings. The molecule has 0 unspecified atom stereocenters. The van der Waals surface area contributed by atoms with Gasteiger partial charge in [0.15, 0.2) is 5.60 Å². The van der Waals surface area contributed by atoms with Crippen molar-refractivity contribution in [1.82, 2.24) is 4.90 Å². The van der Waals surface area contributed by atoms with Crippen molar-refractivity contribution in [3.05, 3.63) is 102 Å². The van der Waals surface area contributed by atoms with Crippen LogP contribution in [0.5, 0.6) is 5.75 Å². The summed E-state index contributed by atoms with van der Waals surface area (Å²) in [6.45, 7) is 6.41. The highest BCUT2D eigenvalue weighted by Crippen LogP contribution is 2.54. The van der Waals surface area contributed by atoms with Crippen LogP contribution >= 0.6 is 0 Å². The Morgan fingerprint density at radius 2 is 1.89 bits per heavy atom. The molecular formula is C35H37N3O6. The number of anilines is 2. The molecular weight excluding hydrogens is 558 g/mol. The lowest BCUT2D eigenvalue weighted by Gasteiger charge is -2.36. The molecule has 9 nitrogen and oxygen atoms in total. The first-order chi connectivity index (χ1) is 21.3. The number of hydrogen-bond acceptors (Lipinski definition) is 6. The Kier molecular flexibility index (Phi) is 8.00. The monoisotopic (exact) mass is 595 g/mol. The Balaban J connectivity index is 1.25. The minimum Gasteiger partial charge on any atom is -0.497 e. The van der Waals surface area contributed by atoms with Crippen LogP contribution in [0.4, 0.5) is 11.4 Å². The highest BCUT2D eigenvalue weighted by atomic mass is 16.5. The van der Waals surface area contributed by atoms with Crippen molar-refractivity contribution in [2.24, 2.45) is 5.92 Å². The van der Waals surface area contributed by atoms with Crippen LogP contribution in [0.3, 0.4) is 0 Å². The second-order valence-corrected chi connectivity index (χ2v) is 11.8. The van der Waals surface area contributed by atoms with E-state index >= 15 is 0 Å². The van der Waals surface area contributed by atoms with Crippen LogP contribution in [-0.2, 0) is 32.9 Å². The second-order valence-electron chi connectivity index (χ2n) is 11.8. The van der Waals surface area contributed by atoms with Gasteiger partial charge in [-0.2, -0.15) is 0 Å². The fourth-order valence-corrected chi connectivity index (χ4v) is 6.88. The number of carbonyl (C=O) groups is 3. The average Bonchev–Trinajstić information content (AvgIpc) is 3.49. The number of carbonyl (C=O) groups excluding carboxylic acids is 3. The molecule has 0 aliphatic carbocycles. The van der Waals surface area contributed by atoms with Crippen molar-refractivity contribution in [2.45, 2.75) is 50.5 Å². The number of benzene rings is 3. The van der Waals surface area contributed by atoms with E-state index < -0.39 is 11.7 Å². The van der Waals surface area contributed by atoms with Gasteiger partial charge in [-0.25, -0.2) is 0 Å². The summed E-state index contributed by atoms with van der Waals surface area (Å²) in [4.78, 5) is 44.2. The van der Waals surface area contributed by atoms with Gasteiger partial charge in [-0.3, -0.25) is 14.4 Å². The van der Waals surface area contributed by atoms with Gasteiger partial charge < -0.3 is 29.7 Å². The van der Waals surface area contributed by atoms with E-state index in [1.54, 1.807) is 53.3 Å². The summed E-state index contributed by atoms with van der Waals surface area (Å²) < 4.78 is 11.8. The third-order valence-corrected chi connectivity index (χ3v) is 9.12. The van der Waals surface area contributed by atoms with Gasteiger partial charge in [0.2, 0.25) is 5.91 Å². The lowest BCUT2D eigenvalue weighted by Crippen LogP contribution is -2.47. The molecule has 228 valence electrons. The van der Waals surface area contributed by atoms with Crippen molar-refractivity contribution < 1.29 is 29.0 Å². The predicted octanol–water partition coefficient (Wildman–Crippen LogP) is 4.44. The van der Waals surface area contributed by atoms with E-state index in [1.165, 1.54) is 0 Å². The van der Waals surface area contributed by atoms with Gasteiger partial charge in [0.05, 0.1) is 38.0 Å². The Morgan fingerprint density at radius 1 is 1.14 bits per heavy atom. The number of amides is 3. The molecule has 3 aliphatic rings. The molecule has 0 radical (unpaired) electrons. The third kappa shape index (κ3) is 5.06. The number of nitrogens with one attached hydrogen (secondary N) is 1. The second kappa shape index (κ2) is 11.9. The van der Waals surface area contributed by atoms with Gasteiger partial charge in [0.1, 0.15) is 5.75 Å². The highest BCUT2D eigenvalue weighted by Gasteiger charge is 2.60. The zero-order valence-corrected chi connectivity index (χ0v) is 25.0. The minimum absolute atomic E-state index is 0.0999. The maximum Gasteiger partial charge on any atom is 0.264 e. The summed E-state index contributed by atoms with van der Waals surface area (Å²) in [5, 5.41) is 13.0. The first-order valence-electron chi connectivity index (χ1n) is 15.0. The molecule has 0 aromatic heterocycles. The summed E-state index contributed by atoms with van der Waals surface area (Å²) in [6, 6.07) is 19.9. The Hall–Kier alpha value is -4.47. The zero-order chi connectivity index (χ0) is 31.0. The molecule has 2 N–H and O–H groups in total. The molecule has 3 heterocycles. The number of hydrogen-bond donors (Lipinski definition) is 2. The van der Waals surface area contributed by atoms with Crippen LogP contribution in [0, 0.1) is 5.92 Å². The van der Waals surface area contributed by atoms with Crippen LogP contribution in [0.15, 0.2) is 79.4 Å². The van der Waals surface area contributed by atoms with Crippen molar-refractivity contribution >= 4 is 29.1 Å². The number of aliphatic hydroxyl groups is 1. The van der Waals surface area contributed by atoms with Crippen LogP contribution in [0.25, 0.3) is 0 Å². The van der Waals surface area contributed by atoms with Crippen LogP contribution in [0.1, 0.15) is 46.8 Å². The maximum atomic E-state index is 14.1. The molecule has 44 heavy (non-hydrogen) atoms. The van der Waals surface area contributed by atoms with E-state index in [9.17, 15) is 19.5 Å². The number of ether oxygens (including phenoxy) is 2. The lowest BCUT2D eigenvalue weighted by molar-refractivity contribution is -0.150. The normalized spacial score (nSPS) is 23.8. The topological polar surface area (TPSA) is 108 Å². The number of rotatable bonds is 8. The molecule has 1 fully saturated rings. The fourth-order valence-electron chi connectivity index (χ4n) is 6.88. The Labute approximate surface area is 257 Å². The number of methoxy groups -OCH3 is 1. The molecule has 1 spiro atoms. The molecule has 3 aromatic carbocycles. The molecule has 1 saturated heterocycles. The van der Waals surface area contributed by atoms with E-state index in [4.69, 9.17) is 9.47 Å². The van der Waals surface area contributed by atoms with Gasteiger partial charge >= 0.3 is 0 Å². The number of fused-ring (bicyclic) bond motifs is 3. The zero-order valence-electron chi connectivity index (χ0n) is 25.0. The maximum absolute atomic E-state index is 14.1. The summed E-state index contributed by atoms with van der Waals surface area (Å²) >= 11 is 0. The molecule has 0 saturated carbocycles. The van der Waals surface area contributed by atoms with Crippen molar-refractivity contribution in [1.29, 1.82) is 0 Å². The van der Waals surface area contributed by atoms with Gasteiger partial charge in [0, 0.05) is 35.8 Å². The van der Waals surface area contributed by atoms with E-state index in [2.05, 4.69) is 11.9 Å². The first-order valence-corrected chi connectivity index (χ1v) is 15.0. The molecule has 3 aliphatic heterocycles. The quantitative estimate of drug-likeness (QED) is 0.373. The van der Waals surface area contributed by atoms with Crippen molar-refractivity contribution in [3.63, 3.8) is 0 Å². The summed E-state index contributed by atoms with van der Waals surface area (Å²) in [6.07, 6.45) is 2.38. The van der Waals surface area contributed by atoms with Gasteiger partial charge in [-0.15, -0.1) is 6.58 Å². The lowest BCUT2D eigenvalue weighted by atomic mass is 9.82. The largest absolute Gasteiger partial charge is 0.497 e. The number of aliphatic hydroxyl groups excluding tert-OH is 1.